The molecule has 0 aliphatic heterocycles. The molecule has 0 spiro atoms. The number of aldehydes is 1. The molecule has 6 heteroatoms. The van der Waals surface area contributed by atoms with E-state index in [0.717, 1.165) is 0 Å². The van der Waals surface area contributed by atoms with Gasteiger partial charge in [0.15, 0.2) is 12.3 Å². The van der Waals surface area contributed by atoms with Crippen molar-refractivity contribution >= 4 is 18.7 Å². The molecular formula is C6H10NNaO4. The van der Waals surface area contributed by atoms with Gasteiger partial charge in [-0.15, -0.1) is 0 Å². The number of rotatable bonds is 5. The number of nitrogens with one attached hydrogen (secondary N) is 1. The summed E-state index contributed by atoms with van der Waals surface area (Å²) in [7, 11) is 0. The van der Waals surface area contributed by atoms with Crippen molar-refractivity contribution in [3.63, 3.8) is 0 Å². The number of esters is 1. The number of ether oxygens (including phenoxy) is 1. The summed E-state index contributed by atoms with van der Waals surface area (Å²) in [5.74, 6) is -0.741. The van der Waals surface area contributed by atoms with Crippen LogP contribution < -0.4 is 34.9 Å². The van der Waals surface area contributed by atoms with E-state index in [1.54, 1.807) is 6.92 Å². The van der Waals surface area contributed by atoms with Crippen LogP contribution in [0.2, 0.25) is 0 Å². The molecule has 1 amide bonds. The van der Waals surface area contributed by atoms with Crippen LogP contribution in [-0.2, 0) is 19.1 Å². The third-order valence-electron chi connectivity index (χ3n) is 0.924. The zero-order chi connectivity index (χ0) is 8.69. The van der Waals surface area contributed by atoms with Crippen LogP contribution in [0.5, 0.6) is 0 Å². The van der Waals surface area contributed by atoms with Crippen LogP contribution >= 0.6 is 0 Å². The van der Waals surface area contributed by atoms with Crippen LogP contribution in [0.4, 0.5) is 0 Å². The summed E-state index contributed by atoms with van der Waals surface area (Å²) >= 11 is 0. The minimum atomic E-state index is -1.17. The molecule has 12 heavy (non-hydrogen) atoms. The second kappa shape index (κ2) is 8.70. The predicted octanol–water partition coefficient (Wildman–Crippen LogP) is -4.02. The van der Waals surface area contributed by atoms with Crippen LogP contribution in [-0.4, -0.2) is 31.3 Å². The average Bonchev–Trinajstić information content (AvgIpc) is 2.00. The summed E-state index contributed by atoms with van der Waals surface area (Å²) in [6.45, 7) is 1.80. The number of hydrogen-bond donors (Lipinski definition) is 1. The maximum absolute atomic E-state index is 10.7. The van der Waals surface area contributed by atoms with E-state index < -0.39 is 12.0 Å². The van der Waals surface area contributed by atoms with Gasteiger partial charge in [-0.1, -0.05) is 0 Å². The topological polar surface area (TPSA) is 72.5 Å². The van der Waals surface area contributed by atoms with Gasteiger partial charge in [-0.2, -0.15) is 0 Å². The van der Waals surface area contributed by atoms with Crippen LogP contribution in [0.15, 0.2) is 0 Å². The molecule has 1 N–H and O–H groups in total. The quantitative estimate of drug-likeness (QED) is 0.204. The van der Waals surface area contributed by atoms with E-state index in [1.165, 1.54) is 0 Å². The molecule has 1 atom stereocenters. The standard InChI is InChI=1S/C6H9NO4.Na.H/c1-2-11-6(10)5(3-8)7-4-9;;/h3-5H,2H2,1H3,(H,7,9);;/q;+1;-1. The van der Waals surface area contributed by atoms with Gasteiger partial charge in [0.25, 0.3) is 0 Å². The van der Waals surface area contributed by atoms with E-state index >= 15 is 0 Å². The van der Waals surface area contributed by atoms with E-state index in [0.29, 0.717) is 6.29 Å². The predicted molar refractivity (Wildman–Crippen MR) is 36.8 cm³/mol. The Balaban J connectivity index is -0.000000500. The van der Waals surface area contributed by atoms with Gasteiger partial charge in [0.2, 0.25) is 6.41 Å². The molecule has 0 aromatic rings. The Morgan fingerprint density at radius 1 is 1.67 bits per heavy atom. The molecule has 0 saturated heterocycles. The number of hydrogen-bond acceptors (Lipinski definition) is 4. The van der Waals surface area contributed by atoms with E-state index in [-0.39, 0.29) is 44.0 Å². The maximum Gasteiger partial charge on any atom is 1.00 e. The van der Waals surface area contributed by atoms with Crippen molar-refractivity contribution in [3.8, 4) is 0 Å². The van der Waals surface area contributed by atoms with E-state index in [1.807, 2.05) is 5.32 Å². The third kappa shape index (κ3) is 5.29. The minimum Gasteiger partial charge on any atom is -1.00 e. The van der Waals surface area contributed by atoms with Crippen molar-refractivity contribution in [3.05, 3.63) is 0 Å². The van der Waals surface area contributed by atoms with E-state index in [9.17, 15) is 14.4 Å². The molecule has 5 nitrogen and oxygen atoms in total. The summed E-state index contributed by atoms with van der Waals surface area (Å²) in [4.78, 5) is 30.6. The first-order valence-corrected chi connectivity index (χ1v) is 3.07. The molecule has 0 saturated carbocycles. The molecule has 0 heterocycles. The third-order valence-corrected chi connectivity index (χ3v) is 0.924. The second-order valence-electron chi connectivity index (χ2n) is 1.65. The largest absolute Gasteiger partial charge is 1.00 e. The SMILES string of the molecule is CCOC(=O)C(C=O)NC=O.[H-].[Na+]. The van der Waals surface area contributed by atoms with E-state index in [4.69, 9.17) is 0 Å². The fraction of sp³-hybridized carbons (Fsp3) is 0.500. The fourth-order valence-electron chi connectivity index (χ4n) is 0.468. The van der Waals surface area contributed by atoms with Crippen molar-refractivity contribution < 1.29 is 50.1 Å². The molecule has 0 radical (unpaired) electrons. The van der Waals surface area contributed by atoms with Crippen LogP contribution in [0, 0.1) is 0 Å². The summed E-state index contributed by atoms with van der Waals surface area (Å²) in [6.07, 6.45) is 0.586. The summed E-state index contributed by atoms with van der Waals surface area (Å²) in [6, 6.07) is -1.17. The zero-order valence-corrected chi connectivity index (χ0v) is 9.07. The number of carbonyl (C=O) groups is 3. The van der Waals surface area contributed by atoms with Crippen molar-refractivity contribution in [2.75, 3.05) is 6.61 Å². The van der Waals surface area contributed by atoms with Crippen LogP contribution in [0.3, 0.4) is 0 Å². The summed E-state index contributed by atoms with van der Waals surface area (Å²) in [5, 5.41) is 1.99. The molecule has 0 aromatic heterocycles. The minimum absolute atomic E-state index is 0. The van der Waals surface area contributed by atoms with Gasteiger partial charge in [0.1, 0.15) is 0 Å². The van der Waals surface area contributed by atoms with Gasteiger partial charge in [0, 0.05) is 0 Å². The summed E-state index contributed by atoms with van der Waals surface area (Å²) in [5.41, 5.74) is 0. The molecule has 0 aliphatic carbocycles. The molecule has 0 aliphatic rings. The summed E-state index contributed by atoms with van der Waals surface area (Å²) < 4.78 is 4.46. The molecule has 0 bridgehead atoms. The monoisotopic (exact) mass is 183 g/mol. The van der Waals surface area contributed by atoms with Gasteiger partial charge in [-0.05, 0) is 6.92 Å². The average molecular weight is 183 g/mol. The van der Waals surface area contributed by atoms with Gasteiger partial charge < -0.3 is 16.3 Å². The van der Waals surface area contributed by atoms with E-state index in [2.05, 4.69) is 4.74 Å². The van der Waals surface area contributed by atoms with Gasteiger partial charge in [0.05, 0.1) is 6.61 Å². The van der Waals surface area contributed by atoms with Crippen molar-refractivity contribution in [2.24, 2.45) is 0 Å². The second-order valence-corrected chi connectivity index (χ2v) is 1.65. The molecular weight excluding hydrogens is 173 g/mol. The first-order valence-electron chi connectivity index (χ1n) is 3.07. The van der Waals surface area contributed by atoms with Crippen molar-refractivity contribution in [1.82, 2.24) is 5.32 Å². The van der Waals surface area contributed by atoms with Crippen molar-refractivity contribution in [1.29, 1.82) is 0 Å². The number of carbonyl (C=O) groups excluding carboxylic acids is 3. The zero-order valence-electron chi connectivity index (χ0n) is 8.07. The first-order chi connectivity index (χ1) is 5.26. The first kappa shape index (κ1) is 14.2. The Hall–Kier alpha value is -0.390. The molecule has 0 aromatic carbocycles. The maximum atomic E-state index is 10.7. The Bertz CT molecular complexity index is 167. The van der Waals surface area contributed by atoms with Gasteiger partial charge in [-0.25, -0.2) is 4.79 Å². The molecule has 64 valence electrons. The van der Waals surface area contributed by atoms with Crippen LogP contribution in [0.25, 0.3) is 0 Å². The van der Waals surface area contributed by atoms with Crippen LogP contribution in [0.1, 0.15) is 8.35 Å². The Morgan fingerprint density at radius 3 is 2.58 bits per heavy atom. The Labute approximate surface area is 93.6 Å². The van der Waals surface area contributed by atoms with Gasteiger partial charge >= 0.3 is 35.5 Å². The number of amides is 1. The Kier molecular flexibility index (Phi) is 10.3. The Morgan fingerprint density at radius 2 is 2.25 bits per heavy atom. The normalized spacial score (nSPS) is 10.4. The fourth-order valence-corrected chi connectivity index (χ4v) is 0.468. The molecule has 0 rings (SSSR count). The van der Waals surface area contributed by atoms with Gasteiger partial charge in [-0.3, -0.25) is 4.79 Å². The molecule has 0 fully saturated rings. The molecule has 1 unspecified atom stereocenters. The smallest absolute Gasteiger partial charge is 1.00 e. The van der Waals surface area contributed by atoms with Crippen molar-refractivity contribution in [2.45, 2.75) is 13.0 Å².